The van der Waals surface area contributed by atoms with Gasteiger partial charge in [-0.1, -0.05) is 6.07 Å². The van der Waals surface area contributed by atoms with E-state index in [9.17, 15) is 14.5 Å². The lowest BCUT2D eigenvalue weighted by atomic mass is 10.2. The van der Waals surface area contributed by atoms with Crippen molar-refractivity contribution in [3.63, 3.8) is 0 Å². The van der Waals surface area contributed by atoms with Crippen LogP contribution in [0.4, 0.5) is 10.1 Å². The predicted molar refractivity (Wildman–Crippen MR) is 46.3 cm³/mol. The van der Waals surface area contributed by atoms with Gasteiger partial charge < -0.3 is 5.21 Å². The zero-order valence-corrected chi connectivity index (χ0v) is 7.48. The van der Waals surface area contributed by atoms with Crippen LogP contribution >= 0.6 is 0 Å². The zero-order chi connectivity index (χ0) is 10.7. The predicted octanol–water partition coefficient (Wildman–Crippen LogP) is 1.55. The van der Waals surface area contributed by atoms with E-state index in [-0.39, 0.29) is 6.54 Å². The molecule has 0 amide bonds. The van der Waals surface area contributed by atoms with E-state index >= 15 is 0 Å². The number of rotatable bonds is 3. The van der Waals surface area contributed by atoms with E-state index in [0.29, 0.717) is 5.56 Å². The molecule has 0 heterocycles. The molecule has 0 fully saturated rings. The maximum absolute atomic E-state index is 13.0. The highest BCUT2D eigenvalue weighted by Crippen LogP contribution is 2.18. The number of nitrogens with zero attached hydrogens (tertiary/aromatic N) is 2. The van der Waals surface area contributed by atoms with Crippen molar-refractivity contribution in [2.45, 2.75) is 6.54 Å². The summed E-state index contributed by atoms with van der Waals surface area (Å²) in [5.74, 6) is -0.894. The van der Waals surface area contributed by atoms with Crippen LogP contribution < -0.4 is 0 Å². The molecule has 5 nitrogen and oxygen atoms in total. The van der Waals surface area contributed by atoms with Gasteiger partial charge >= 0.3 is 5.69 Å². The van der Waals surface area contributed by atoms with Crippen LogP contribution in [-0.4, -0.2) is 22.2 Å². The van der Waals surface area contributed by atoms with E-state index in [1.807, 2.05) is 0 Å². The van der Waals surface area contributed by atoms with Gasteiger partial charge in [0.2, 0.25) is 5.82 Å². The molecule has 0 saturated heterocycles. The number of nitro benzene ring substituents is 1. The second kappa shape index (κ2) is 4.12. The van der Waals surface area contributed by atoms with Crippen LogP contribution in [0.2, 0.25) is 0 Å². The van der Waals surface area contributed by atoms with E-state index in [1.54, 1.807) is 0 Å². The molecular formula is C8H9FN2O3. The van der Waals surface area contributed by atoms with E-state index in [2.05, 4.69) is 0 Å². The molecule has 0 aliphatic heterocycles. The first-order chi connectivity index (χ1) is 6.50. The van der Waals surface area contributed by atoms with Crippen LogP contribution in [0.15, 0.2) is 18.2 Å². The highest BCUT2D eigenvalue weighted by atomic mass is 19.1. The summed E-state index contributed by atoms with van der Waals surface area (Å²) in [5, 5.41) is 20.0. The Kier molecular flexibility index (Phi) is 3.10. The van der Waals surface area contributed by atoms with E-state index < -0.39 is 16.4 Å². The Bertz CT molecular complexity index is 354. The topological polar surface area (TPSA) is 66.6 Å². The molecule has 0 bridgehead atoms. The molecular weight excluding hydrogens is 191 g/mol. The fourth-order valence-electron chi connectivity index (χ4n) is 1.06. The van der Waals surface area contributed by atoms with Crippen LogP contribution in [0, 0.1) is 15.9 Å². The fraction of sp³-hybridized carbons (Fsp3) is 0.250. The van der Waals surface area contributed by atoms with Gasteiger partial charge in [0.1, 0.15) is 0 Å². The third-order valence-corrected chi connectivity index (χ3v) is 1.62. The maximum Gasteiger partial charge on any atom is 0.304 e. The summed E-state index contributed by atoms with van der Waals surface area (Å²) in [7, 11) is 1.40. The van der Waals surface area contributed by atoms with Gasteiger partial charge in [-0.3, -0.25) is 10.1 Å². The van der Waals surface area contributed by atoms with Crippen molar-refractivity contribution in [2.75, 3.05) is 7.05 Å². The molecule has 0 aliphatic rings. The van der Waals surface area contributed by atoms with Crippen molar-refractivity contribution in [3.8, 4) is 0 Å². The van der Waals surface area contributed by atoms with Crippen molar-refractivity contribution in [1.82, 2.24) is 5.06 Å². The Morgan fingerprint density at radius 2 is 2.29 bits per heavy atom. The van der Waals surface area contributed by atoms with Crippen molar-refractivity contribution in [2.24, 2.45) is 0 Å². The molecule has 0 aromatic heterocycles. The van der Waals surface area contributed by atoms with Gasteiger partial charge in [-0.2, -0.15) is 9.45 Å². The average molecular weight is 200 g/mol. The molecule has 1 aromatic carbocycles. The number of hydrogen-bond donors (Lipinski definition) is 1. The second-order valence-electron chi connectivity index (χ2n) is 2.86. The molecule has 0 aliphatic carbocycles. The Balaban J connectivity index is 2.94. The van der Waals surface area contributed by atoms with E-state index in [4.69, 9.17) is 5.21 Å². The van der Waals surface area contributed by atoms with Gasteiger partial charge in [0, 0.05) is 19.7 Å². The first kappa shape index (κ1) is 10.6. The molecule has 14 heavy (non-hydrogen) atoms. The number of hydroxylamine groups is 2. The normalized spacial score (nSPS) is 10.6. The van der Waals surface area contributed by atoms with Crippen LogP contribution in [0.25, 0.3) is 0 Å². The molecule has 1 aromatic rings. The highest BCUT2D eigenvalue weighted by molar-refractivity contribution is 5.34. The maximum atomic E-state index is 13.0. The molecule has 0 saturated carbocycles. The van der Waals surface area contributed by atoms with Crippen molar-refractivity contribution >= 4 is 5.69 Å². The summed E-state index contributed by atoms with van der Waals surface area (Å²) >= 11 is 0. The zero-order valence-electron chi connectivity index (χ0n) is 7.48. The van der Waals surface area contributed by atoms with Gasteiger partial charge in [0.15, 0.2) is 0 Å². The summed E-state index contributed by atoms with van der Waals surface area (Å²) in [4.78, 5) is 9.47. The van der Waals surface area contributed by atoms with Crippen LogP contribution in [0.1, 0.15) is 5.56 Å². The minimum Gasteiger partial charge on any atom is -0.314 e. The lowest BCUT2D eigenvalue weighted by Gasteiger charge is -2.07. The van der Waals surface area contributed by atoms with Crippen LogP contribution in [0.5, 0.6) is 0 Å². The monoisotopic (exact) mass is 200 g/mol. The van der Waals surface area contributed by atoms with Crippen LogP contribution in [0.3, 0.4) is 0 Å². The van der Waals surface area contributed by atoms with Crippen molar-refractivity contribution in [3.05, 3.63) is 39.7 Å². The molecule has 6 heteroatoms. The molecule has 1 N–H and O–H groups in total. The van der Waals surface area contributed by atoms with E-state index in [1.165, 1.54) is 13.1 Å². The van der Waals surface area contributed by atoms with Gasteiger partial charge in [-0.25, -0.2) is 0 Å². The van der Waals surface area contributed by atoms with Crippen molar-refractivity contribution in [1.29, 1.82) is 0 Å². The van der Waals surface area contributed by atoms with Crippen LogP contribution in [-0.2, 0) is 6.54 Å². The second-order valence-corrected chi connectivity index (χ2v) is 2.86. The first-order valence-corrected chi connectivity index (χ1v) is 3.83. The Labute approximate surface area is 79.5 Å². The quantitative estimate of drug-likeness (QED) is 0.593. The minimum atomic E-state index is -0.894. The standard InChI is InChI=1S/C8H9FN2O3/c1-10(12)5-6-2-3-8(11(13)14)7(9)4-6/h2-4,12H,5H2,1H3. The molecule has 0 unspecified atom stereocenters. The summed E-state index contributed by atoms with van der Waals surface area (Å²) < 4.78 is 13.0. The third kappa shape index (κ3) is 2.48. The average Bonchev–Trinajstić information content (AvgIpc) is 2.01. The fourth-order valence-corrected chi connectivity index (χ4v) is 1.06. The SMILES string of the molecule is CN(O)Cc1ccc([N+](=O)[O-])c(F)c1. The van der Waals surface area contributed by atoms with Crippen molar-refractivity contribution < 1.29 is 14.5 Å². The Morgan fingerprint density at radius 1 is 1.64 bits per heavy atom. The molecule has 76 valence electrons. The largest absolute Gasteiger partial charge is 0.314 e. The highest BCUT2D eigenvalue weighted by Gasteiger charge is 2.13. The molecule has 0 spiro atoms. The molecule has 0 atom stereocenters. The van der Waals surface area contributed by atoms with Gasteiger partial charge in [0.05, 0.1) is 4.92 Å². The van der Waals surface area contributed by atoms with Gasteiger partial charge in [0.25, 0.3) is 0 Å². The van der Waals surface area contributed by atoms with Gasteiger partial charge in [-0.15, -0.1) is 0 Å². The smallest absolute Gasteiger partial charge is 0.304 e. The minimum absolute atomic E-state index is 0.120. The summed E-state index contributed by atoms with van der Waals surface area (Å²) in [6.45, 7) is 0.120. The lowest BCUT2D eigenvalue weighted by Crippen LogP contribution is -2.11. The summed E-state index contributed by atoms with van der Waals surface area (Å²) in [6.07, 6.45) is 0. The summed E-state index contributed by atoms with van der Waals surface area (Å²) in [6, 6.07) is 3.51. The molecule has 1 rings (SSSR count). The number of hydrogen-bond acceptors (Lipinski definition) is 4. The number of benzene rings is 1. The number of halogens is 1. The number of nitro groups is 1. The molecule has 0 radical (unpaired) electrons. The van der Waals surface area contributed by atoms with E-state index in [0.717, 1.165) is 17.2 Å². The lowest BCUT2D eigenvalue weighted by molar-refractivity contribution is -0.387. The van der Waals surface area contributed by atoms with Gasteiger partial charge in [-0.05, 0) is 11.6 Å². The first-order valence-electron chi connectivity index (χ1n) is 3.83. The Hall–Kier alpha value is -1.53. The summed E-state index contributed by atoms with van der Waals surface area (Å²) in [5.41, 5.74) is -0.0903. The Morgan fingerprint density at radius 3 is 2.71 bits per heavy atom. The third-order valence-electron chi connectivity index (χ3n) is 1.62.